The van der Waals surface area contributed by atoms with Crippen LogP contribution in [0.25, 0.3) is 0 Å². The van der Waals surface area contributed by atoms with Gasteiger partial charge in [0.2, 0.25) is 0 Å². The number of rotatable bonds is 14. The lowest BCUT2D eigenvalue weighted by atomic mass is 9.82. The van der Waals surface area contributed by atoms with Crippen LogP contribution in [-0.2, 0) is 4.79 Å². The monoisotopic (exact) mass is 322 g/mol. The maximum absolute atomic E-state index is 11.2. The molecule has 4 heteroatoms. The number of unbranched alkanes of at least 4 members (excludes halogenated alkanes) is 9. The van der Waals surface area contributed by atoms with Crippen molar-refractivity contribution in [3.63, 3.8) is 0 Å². The highest BCUT2D eigenvalue weighted by molar-refractivity contribution is 5.85. The van der Waals surface area contributed by atoms with Crippen LogP contribution in [0, 0.1) is 5.41 Å². The van der Waals surface area contributed by atoms with E-state index in [-0.39, 0.29) is 19.0 Å². The van der Waals surface area contributed by atoms with E-state index in [0.29, 0.717) is 12.8 Å². The van der Waals surface area contributed by atoms with Gasteiger partial charge in [0, 0.05) is 6.61 Å². The third-order valence-electron chi connectivity index (χ3n) is 4.26. The lowest BCUT2D eigenvalue weighted by Crippen LogP contribution is -2.28. The third-order valence-corrected chi connectivity index (χ3v) is 4.26. The summed E-state index contributed by atoms with van der Waals surface area (Å²) in [6, 6.07) is 0. The molecule has 128 valence electrons. The van der Waals surface area contributed by atoms with Crippen molar-refractivity contribution in [3.05, 3.63) is 0 Å². The van der Waals surface area contributed by atoms with Gasteiger partial charge in [0.15, 0.2) is 0 Å². The Morgan fingerprint density at radius 3 is 1.67 bits per heavy atom. The molecule has 0 saturated carbocycles. The van der Waals surface area contributed by atoms with Crippen LogP contribution in [-0.4, -0.2) is 22.8 Å². The first-order valence-electron chi connectivity index (χ1n) is 8.41. The van der Waals surface area contributed by atoms with Crippen molar-refractivity contribution in [2.24, 2.45) is 5.41 Å². The molecule has 1 atom stereocenters. The Morgan fingerprint density at radius 2 is 1.29 bits per heavy atom. The molecule has 0 fully saturated rings. The molecule has 0 radical (unpaired) electrons. The average molecular weight is 323 g/mol. The highest BCUT2D eigenvalue weighted by atomic mass is 35.5. The molecule has 0 aromatic carbocycles. The molecule has 2 N–H and O–H groups in total. The van der Waals surface area contributed by atoms with Gasteiger partial charge in [0.25, 0.3) is 0 Å². The Morgan fingerprint density at radius 1 is 0.857 bits per heavy atom. The van der Waals surface area contributed by atoms with Gasteiger partial charge in [0.05, 0.1) is 5.41 Å². The summed E-state index contributed by atoms with van der Waals surface area (Å²) in [6.07, 6.45) is 13.7. The highest BCUT2D eigenvalue weighted by Gasteiger charge is 2.31. The van der Waals surface area contributed by atoms with Crippen LogP contribution >= 0.6 is 12.4 Å². The summed E-state index contributed by atoms with van der Waals surface area (Å²) >= 11 is 0. The summed E-state index contributed by atoms with van der Waals surface area (Å²) < 4.78 is 0. The van der Waals surface area contributed by atoms with Crippen LogP contribution in [0.15, 0.2) is 0 Å². The second-order valence-electron chi connectivity index (χ2n) is 6.27. The number of carboxylic acids is 1. The van der Waals surface area contributed by atoms with Gasteiger partial charge in [0.1, 0.15) is 0 Å². The van der Waals surface area contributed by atoms with E-state index in [2.05, 4.69) is 6.92 Å². The maximum atomic E-state index is 11.2. The smallest absolute Gasteiger partial charge is 0.309 e. The predicted molar refractivity (Wildman–Crippen MR) is 91.2 cm³/mol. The Kier molecular flexibility index (Phi) is 16.0. The van der Waals surface area contributed by atoms with Crippen LogP contribution in [0.2, 0.25) is 0 Å². The van der Waals surface area contributed by atoms with Gasteiger partial charge in [-0.1, -0.05) is 71.1 Å². The fraction of sp³-hybridized carbons (Fsp3) is 0.941. The average Bonchev–Trinajstić information content (AvgIpc) is 2.41. The van der Waals surface area contributed by atoms with Crippen LogP contribution in [0.4, 0.5) is 0 Å². The molecule has 0 amide bonds. The molecule has 1 unspecified atom stereocenters. The minimum atomic E-state index is -0.775. The topological polar surface area (TPSA) is 57.5 Å². The molecule has 0 rings (SSSR count). The molecule has 0 heterocycles. The number of carboxylic acid groups (broad SMARTS) is 1. The van der Waals surface area contributed by atoms with Crippen molar-refractivity contribution < 1.29 is 15.0 Å². The van der Waals surface area contributed by atoms with Crippen molar-refractivity contribution >= 4 is 18.4 Å². The fourth-order valence-electron chi connectivity index (χ4n) is 2.59. The zero-order valence-electron chi connectivity index (χ0n) is 13.9. The SMILES string of the molecule is CCCCCCCCCCCCC(C)(CCO)C(=O)O.Cl. The van der Waals surface area contributed by atoms with Crippen molar-refractivity contribution in [3.8, 4) is 0 Å². The molecule has 21 heavy (non-hydrogen) atoms. The number of halogens is 1. The van der Waals surface area contributed by atoms with E-state index in [1.54, 1.807) is 6.92 Å². The summed E-state index contributed by atoms with van der Waals surface area (Å²) in [7, 11) is 0. The summed E-state index contributed by atoms with van der Waals surface area (Å²) in [6.45, 7) is 3.95. The Labute approximate surface area is 136 Å². The van der Waals surface area contributed by atoms with E-state index in [1.807, 2.05) is 0 Å². The van der Waals surface area contributed by atoms with Crippen LogP contribution in [0.3, 0.4) is 0 Å². The number of aliphatic carboxylic acids is 1. The molecule has 0 aliphatic carbocycles. The van der Waals surface area contributed by atoms with E-state index in [9.17, 15) is 9.90 Å². The number of hydrogen-bond donors (Lipinski definition) is 2. The van der Waals surface area contributed by atoms with Crippen molar-refractivity contribution in [2.45, 2.75) is 90.9 Å². The van der Waals surface area contributed by atoms with Crippen molar-refractivity contribution in [2.75, 3.05) is 6.61 Å². The summed E-state index contributed by atoms with van der Waals surface area (Å²) in [4.78, 5) is 11.2. The summed E-state index contributed by atoms with van der Waals surface area (Å²) in [5.41, 5.74) is -0.741. The highest BCUT2D eigenvalue weighted by Crippen LogP contribution is 2.29. The number of aliphatic hydroxyl groups excluding tert-OH is 1. The fourth-order valence-corrected chi connectivity index (χ4v) is 2.59. The molecule has 0 spiro atoms. The van der Waals surface area contributed by atoms with Gasteiger partial charge in [-0.25, -0.2) is 0 Å². The van der Waals surface area contributed by atoms with Gasteiger partial charge in [-0.05, 0) is 19.8 Å². The second kappa shape index (κ2) is 14.6. The normalized spacial score (nSPS) is 13.5. The van der Waals surface area contributed by atoms with Gasteiger partial charge in [-0.3, -0.25) is 4.79 Å². The van der Waals surface area contributed by atoms with E-state index in [0.717, 1.165) is 12.8 Å². The Balaban J connectivity index is 0. The predicted octanol–water partition coefficient (Wildman–Crippen LogP) is 5.19. The zero-order chi connectivity index (χ0) is 15.3. The Hall–Kier alpha value is -0.280. The zero-order valence-corrected chi connectivity index (χ0v) is 14.7. The van der Waals surface area contributed by atoms with Crippen LogP contribution in [0.5, 0.6) is 0 Å². The molecular formula is C17H35ClO3. The van der Waals surface area contributed by atoms with Gasteiger partial charge in [-0.15, -0.1) is 12.4 Å². The lowest BCUT2D eigenvalue weighted by Gasteiger charge is -2.23. The van der Waals surface area contributed by atoms with E-state index in [4.69, 9.17) is 5.11 Å². The van der Waals surface area contributed by atoms with E-state index >= 15 is 0 Å². The van der Waals surface area contributed by atoms with Gasteiger partial charge in [-0.2, -0.15) is 0 Å². The molecule has 0 aromatic heterocycles. The van der Waals surface area contributed by atoms with Crippen LogP contribution < -0.4 is 0 Å². The number of aliphatic hydroxyl groups is 1. The third kappa shape index (κ3) is 12.0. The first kappa shape index (κ1) is 23.0. The molecule has 0 aliphatic heterocycles. The summed E-state index contributed by atoms with van der Waals surface area (Å²) in [5.74, 6) is -0.775. The number of carbonyl (C=O) groups is 1. The largest absolute Gasteiger partial charge is 0.481 e. The minimum absolute atomic E-state index is 0. The van der Waals surface area contributed by atoms with E-state index < -0.39 is 11.4 Å². The first-order valence-corrected chi connectivity index (χ1v) is 8.41. The Bertz CT molecular complexity index is 246. The molecule has 0 saturated heterocycles. The molecule has 3 nitrogen and oxygen atoms in total. The summed E-state index contributed by atoms with van der Waals surface area (Å²) in [5, 5.41) is 18.1. The molecular weight excluding hydrogens is 288 g/mol. The number of hydrogen-bond acceptors (Lipinski definition) is 2. The molecule has 0 aromatic rings. The maximum Gasteiger partial charge on any atom is 0.309 e. The first-order chi connectivity index (χ1) is 9.56. The van der Waals surface area contributed by atoms with Gasteiger partial charge >= 0.3 is 5.97 Å². The van der Waals surface area contributed by atoms with E-state index in [1.165, 1.54) is 51.4 Å². The standard InChI is InChI=1S/C17H34O3.ClH/c1-3-4-5-6-7-8-9-10-11-12-13-17(2,14-15-18)16(19)20;/h18H,3-15H2,1-2H3,(H,19,20);1H. The second-order valence-corrected chi connectivity index (χ2v) is 6.27. The minimum Gasteiger partial charge on any atom is -0.481 e. The lowest BCUT2D eigenvalue weighted by molar-refractivity contribution is -0.149. The molecule has 0 bridgehead atoms. The van der Waals surface area contributed by atoms with Crippen LogP contribution in [0.1, 0.15) is 90.9 Å². The quantitative estimate of drug-likeness (QED) is 0.432. The molecule has 0 aliphatic rings. The van der Waals surface area contributed by atoms with Crippen molar-refractivity contribution in [1.82, 2.24) is 0 Å². The van der Waals surface area contributed by atoms with Gasteiger partial charge < -0.3 is 10.2 Å². The van der Waals surface area contributed by atoms with Crippen molar-refractivity contribution in [1.29, 1.82) is 0 Å².